The third-order valence-electron chi connectivity index (χ3n) is 3.88. The highest BCUT2D eigenvalue weighted by Gasteiger charge is 2.14. The molecule has 0 atom stereocenters. The Kier molecular flexibility index (Phi) is 4.62. The van der Waals surface area contributed by atoms with E-state index in [1.807, 2.05) is 24.3 Å². The standard InChI is InChI=1S/C20H24O/c1-5-16-8-6-7-9-18(16)19(21)14-15-10-12-17(13-11-15)20(2,3)4/h6-13H,5,14H2,1-4H3. The first-order valence-corrected chi connectivity index (χ1v) is 7.62. The van der Waals surface area contributed by atoms with Crippen LogP contribution < -0.4 is 0 Å². The quantitative estimate of drug-likeness (QED) is 0.722. The Morgan fingerprint density at radius 1 is 0.952 bits per heavy atom. The van der Waals surface area contributed by atoms with Crippen LogP contribution in [-0.2, 0) is 18.3 Å². The lowest BCUT2D eigenvalue weighted by Crippen LogP contribution is -2.11. The molecule has 0 unspecified atom stereocenters. The van der Waals surface area contributed by atoms with Gasteiger partial charge in [0.05, 0.1) is 0 Å². The summed E-state index contributed by atoms with van der Waals surface area (Å²) in [6.07, 6.45) is 1.37. The number of ketones is 1. The van der Waals surface area contributed by atoms with Crippen molar-refractivity contribution >= 4 is 5.78 Å². The van der Waals surface area contributed by atoms with Gasteiger partial charge in [-0.2, -0.15) is 0 Å². The van der Waals surface area contributed by atoms with Gasteiger partial charge in [-0.1, -0.05) is 76.2 Å². The van der Waals surface area contributed by atoms with Crippen molar-refractivity contribution in [1.82, 2.24) is 0 Å². The molecule has 2 aromatic carbocycles. The Morgan fingerprint density at radius 2 is 1.57 bits per heavy atom. The summed E-state index contributed by atoms with van der Waals surface area (Å²) in [5, 5.41) is 0. The molecule has 0 saturated heterocycles. The molecule has 1 nitrogen and oxygen atoms in total. The molecule has 0 spiro atoms. The third-order valence-corrected chi connectivity index (χ3v) is 3.88. The van der Waals surface area contributed by atoms with Crippen molar-refractivity contribution in [3.8, 4) is 0 Å². The summed E-state index contributed by atoms with van der Waals surface area (Å²) in [6.45, 7) is 8.68. The summed E-state index contributed by atoms with van der Waals surface area (Å²) in [7, 11) is 0. The number of aryl methyl sites for hydroxylation is 1. The Morgan fingerprint density at radius 3 is 2.14 bits per heavy atom. The number of carbonyl (C=O) groups excluding carboxylic acids is 1. The smallest absolute Gasteiger partial charge is 0.167 e. The van der Waals surface area contributed by atoms with E-state index in [4.69, 9.17) is 0 Å². The molecule has 0 N–H and O–H groups in total. The molecule has 2 aromatic rings. The van der Waals surface area contributed by atoms with Gasteiger partial charge in [-0.25, -0.2) is 0 Å². The monoisotopic (exact) mass is 280 g/mol. The number of hydrogen-bond donors (Lipinski definition) is 0. The number of benzene rings is 2. The zero-order chi connectivity index (χ0) is 15.5. The summed E-state index contributed by atoms with van der Waals surface area (Å²) in [6, 6.07) is 16.3. The first kappa shape index (κ1) is 15.5. The molecule has 2 rings (SSSR count). The molecule has 0 fully saturated rings. The molecule has 0 radical (unpaired) electrons. The van der Waals surface area contributed by atoms with E-state index >= 15 is 0 Å². The van der Waals surface area contributed by atoms with E-state index in [1.165, 1.54) is 5.56 Å². The van der Waals surface area contributed by atoms with Crippen molar-refractivity contribution in [2.75, 3.05) is 0 Å². The van der Waals surface area contributed by atoms with E-state index in [0.29, 0.717) is 6.42 Å². The summed E-state index contributed by atoms with van der Waals surface area (Å²) < 4.78 is 0. The van der Waals surface area contributed by atoms with Crippen LogP contribution in [-0.4, -0.2) is 5.78 Å². The van der Waals surface area contributed by atoms with Crippen LogP contribution in [0, 0.1) is 0 Å². The second-order valence-electron chi connectivity index (χ2n) is 6.56. The van der Waals surface area contributed by atoms with E-state index in [-0.39, 0.29) is 11.2 Å². The van der Waals surface area contributed by atoms with Crippen LogP contribution in [0.4, 0.5) is 0 Å². The zero-order valence-electron chi connectivity index (χ0n) is 13.4. The first-order valence-electron chi connectivity index (χ1n) is 7.62. The molecule has 0 aliphatic heterocycles. The van der Waals surface area contributed by atoms with E-state index in [1.54, 1.807) is 0 Å². The van der Waals surface area contributed by atoms with Crippen molar-refractivity contribution in [1.29, 1.82) is 0 Å². The Balaban J connectivity index is 2.16. The Bertz CT molecular complexity index is 615. The number of Topliss-reactive ketones (excluding diaryl/α,β-unsaturated/α-hetero) is 1. The molecule has 0 saturated carbocycles. The van der Waals surface area contributed by atoms with E-state index in [9.17, 15) is 4.79 Å². The van der Waals surface area contributed by atoms with Gasteiger partial charge in [0.1, 0.15) is 0 Å². The fourth-order valence-corrected chi connectivity index (χ4v) is 2.50. The van der Waals surface area contributed by atoms with Crippen LogP contribution in [0.15, 0.2) is 48.5 Å². The van der Waals surface area contributed by atoms with Crippen molar-refractivity contribution < 1.29 is 4.79 Å². The predicted octanol–water partition coefficient (Wildman–Crippen LogP) is 4.97. The molecule has 0 heterocycles. The van der Waals surface area contributed by atoms with Gasteiger partial charge in [0.2, 0.25) is 0 Å². The lowest BCUT2D eigenvalue weighted by Gasteiger charge is -2.19. The molecular formula is C20H24O. The van der Waals surface area contributed by atoms with Crippen molar-refractivity contribution in [2.24, 2.45) is 0 Å². The normalized spacial score (nSPS) is 11.4. The van der Waals surface area contributed by atoms with E-state index < -0.39 is 0 Å². The molecule has 0 aliphatic carbocycles. The molecular weight excluding hydrogens is 256 g/mol. The second-order valence-corrected chi connectivity index (χ2v) is 6.56. The van der Waals surface area contributed by atoms with Crippen molar-refractivity contribution in [2.45, 2.75) is 46.0 Å². The maximum atomic E-state index is 12.5. The number of hydrogen-bond acceptors (Lipinski definition) is 1. The van der Waals surface area contributed by atoms with Crippen LogP contribution >= 0.6 is 0 Å². The van der Waals surface area contributed by atoms with Gasteiger partial charge in [-0.15, -0.1) is 0 Å². The summed E-state index contributed by atoms with van der Waals surface area (Å²) in [5.41, 5.74) is 4.53. The highest BCUT2D eigenvalue weighted by molar-refractivity contribution is 5.98. The largest absolute Gasteiger partial charge is 0.294 e. The lowest BCUT2D eigenvalue weighted by atomic mass is 9.86. The predicted molar refractivity (Wildman–Crippen MR) is 89.0 cm³/mol. The van der Waals surface area contributed by atoms with E-state index in [0.717, 1.165) is 23.1 Å². The van der Waals surface area contributed by atoms with E-state index in [2.05, 4.69) is 52.0 Å². The SMILES string of the molecule is CCc1ccccc1C(=O)Cc1ccc(C(C)(C)C)cc1. The maximum Gasteiger partial charge on any atom is 0.167 e. The average Bonchev–Trinajstić information content (AvgIpc) is 2.46. The van der Waals surface area contributed by atoms with Crippen LogP contribution in [0.25, 0.3) is 0 Å². The Hall–Kier alpha value is -1.89. The third kappa shape index (κ3) is 3.81. The molecule has 1 heteroatoms. The molecule has 0 bridgehead atoms. The maximum absolute atomic E-state index is 12.5. The summed E-state index contributed by atoms with van der Waals surface area (Å²) in [5.74, 6) is 0.205. The molecule has 0 amide bonds. The van der Waals surface area contributed by atoms with Gasteiger partial charge < -0.3 is 0 Å². The van der Waals surface area contributed by atoms with Gasteiger partial charge >= 0.3 is 0 Å². The summed E-state index contributed by atoms with van der Waals surface area (Å²) >= 11 is 0. The van der Waals surface area contributed by atoms with Crippen LogP contribution in [0.2, 0.25) is 0 Å². The topological polar surface area (TPSA) is 17.1 Å². The number of rotatable bonds is 4. The van der Waals surface area contributed by atoms with Gasteiger partial charge in [-0.05, 0) is 28.5 Å². The Labute approximate surface area is 128 Å². The lowest BCUT2D eigenvalue weighted by molar-refractivity contribution is 0.0992. The van der Waals surface area contributed by atoms with Crippen LogP contribution in [0.1, 0.15) is 54.7 Å². The number of carbonyl (C=O) groups is 1. The van der Waals surface area contributed by atoms with Crippen LogP contribution in [0.5, 0.6) is 0 Å². The minimum Gasteiger partial charge on any atom is -0.294 e. The van der Waals surface area contributed by atoms with Gasteiger partial charge in [0, 0.05) is 12.0 Å². The fourth-order valence-electron chi connectivity index (χ4n) is 2.50. The molecule has 21 heavy (non-hydrogen) atoms. The molecule has 110 valence electrons. The van der Waals surface area contributed by atoms with Gasteiger partial charge in [0.25, 0.3) is 0 Å². The molecule has 0 aliphatic rings. The van der Waals surface area contributed by atoms with Gasteiger partial charge in [-0.3, -0.25) is 4.79 Å². The minimum atomic E-state index is 0.150. The highest BCUT2D eigenvalue weighted by atomic mass is 16.1. The summed E-state index contributed by atoms with van der Waals surface area (Å²) in [4.78, 5) is 12.5. The van der Waals surface area contributed by atoms with Crippen molar-refractivity contribution in [3.63, 3.8) is 0 Å². The van der Waals surface area contributed by atoms with Crippen LogP contribution in [0.3, 0.4) is 0 Å². The average molecular weight is 280 g/mol. The second kappa shape index (κ2) is 6.26. The zero-order valence-corrected chi connectivity index (χ0v) is 13.4. The molecule has 0 aromatic heterocycles. The fraction of sp³-hybridized carbons (Fsp3) is 0.350. The first-order chi connectivity index (χ1) is 9.91. The highest BCUT2D eigenvalue weighted by Crippen LogP contribution is 2.22. The van der Waals surface area contributed by atoms with Crippen molar-refractivity contribution in [3.05, 3.63) is 70.8 Å². The van der Waals surface area contributed by atoms with Gasteiger partial charge in [0.15, 0.2) is 5.78 Å². The minimum absolute atomic E-state index is 0.150.